The zero-order valence-corrected chi connectivity index (χ0v) is 22.6. The van der Waals surface area contributed by atoms with E-state index in [0.29, 0.717) is 0 Å². The van der Waals surface area contributed by atoms with Gasteiger partial charge in [0.1, 0.15) is 6.54 Å². The van der Waals surface area contributed by atoms with Gasteiger partial charge in [-0.25, -0.2) is 8.42 Å². The van der Waals surface area contributed by atoms with Gasteiger partial charge in [0.05, 0.1) is 31.9 Å². The molecular formula is C26H27Cl2N3O4S. The van der Waals surface area contributed by atoms with Gasteiger partial charge in [0, 0.05) is 5.54 Å². The molecule has 0 saturated carbocycles. The van der Waals surface area contributed by atoms with Crippen molar-refractivity contribution in [1.29, 1.82) is 0 Å². The highest BCUT2D eigenvalue weighted by Crippen LogP contribution is 2.30. The number of sulfonamides is 1. The fourth-order valence-corrected chi connectivity index (χ4v) is 5.02. The Kier molecular flexibility index (Phi) is 8.33. The molecule has 0 fully saturated rings. The van der Waals surface area contributed by atoms with Crippen molar-refractivity contribution >= 4 is 56.4 Å². The third kappa shape index (κ3) is 6.78. The van der Waals surface area contributed by atoms with Gasteiger partial charge in [-0.1, -0.05) is 53.0 Å². The molecule has 0 heterocycles. The van der Waals surface area contributed by atoms with E-state index in [9.17, 15) is 18.0 Å². The fraction of sp³-hybridized carbons (Fsp3) is 0.231. The summed E-state index contributed by atoms with van der Waals surface area (Å²) in [5, 5.41) is 5.91. The third-order valence-corrected chi connectivity index (χ3v) is 7.55. The highest BCUT2D eigenvalue weighted by Gasteiger charge is 2.28. The molecule has 36 heavy (non-hydrogen) atoms. The number of nitrogens with zero attached hydrogens (tertiary/aromatic N) is 1. The lowest BCUT2D eigenvalue weighted by atomic mass is 10.1. The second-order valence-corrected chi connectivity index (χ2v) is 11.9. The van der Waals surface area contributed by atoms with Crippen molar-refractivity contribution in [2.75, 3.05) is 16.2 Å². The number of aryl methyl sites for hydroxylation is 1. The number of carbonyl (C=O) groups excluding carboxylic acids is 2. The minimum absolute atomic E-state index is 0.0110. The summed E-state index contributed by atoms with van der Waals surface area (Å²) in [5.74, 6) is -1.01. The highest BCUT2D eigenvalue weighted by atomic mass is 35.5. The van der Waals surface area contributed by atoms with Gasteiger partial charge in [0.25, 0.3) is 15.9 Å². The molecule has 0 aliphatic carbocycles. The quantitative estimate of drug-likeness (QED) is 0.398. The van der Waals surface area contributed by atoms with E-state index in [4.69, 9.17) is 23.2 Å². The van der Waals surface area contributed by atoms with Gasteiger partial charge in [-0.3, -0.25) is 13.9 Å². The summed E-state index contributed by atoms with van der Waals surface area (Å²) in [4.78, 5) is 25.9. The summed E-state index contributed by atoms with van der Waals surface area (Å²) < 4.78 is 28.1. The molecule has 0 unspecified atom stereocenters. The highest BCUT2D eigenvalue weighted by molar-refractivity contribution is 7.92. The van der Waals surface area contributed by atoms with Gasteiger partial charge < -0.3 is 10.6 Å². The smallest absolute Gasteiger partial charge is 0.264 e. The Labute approximate surface area is 221 Å². The first-order chi connectivity index (χ1) is 16.8. The number of anilines is 2. The number of nitrogens with one attached hydrogen (secondary N) is 2. The topological polar surface area (TPSA) is 95.6 Å². The molecule has 3 aromatic carbocycles. The maximum Gasteiger partial charge on any atom is 0.264 e. The standard InChI is InChI=1S/C26H27Cl2N3O4S/c1-17-9-12-19(13-10-17)36(34,35)31(18-11-14-21(27)22(28)15-18)16-24(32)29-23-8-6-5-7-20(23)25(33)30-26(2,3)4/h5-15H,16H2,1-4H3,(H,29,32)(H,30,33). The van der Waals surface area contributed by atoms with Crippen molar-refractivity contribution in [1.82, 2.24) is 5.32 Å². The number of rotatable bonds is 7. The van der Waals surface area contributed by atoms with Crippen LogP contribution in [0.5, 0.6) is 0 Å². The summed E-state index contributed by atoms with van der Waals surface area (Å²) in [6.45, 7) is 6.81. The summed E-state index contributed by atoms with van der Waals surface area (Å²) in [7, 11) is -4.15. The van der Waals surface area contributed by atoms with Crippen molar-refractivity contribution in [3.63, 3.8) is 0 Å². The molecule has 0 saturated heterocycles. The minimum Gasteiger partial charge on any atom is -0.347 e. The van der Waals surface area contributed by atoms with Gasteiger partial charge in [-0.15, -0.1) is 0 Å². The molecule has 3 aromatic rings. The Morgan fingerprint density at radius 3 is 2.17 bits per heavy atom. The van der Waals surface area contributed by atoms with Crippen molar-refractivity contribution in [3.05, 3.63) is 87.9 Å². The first-order valence-electron chi connectivity index (χ1n) is 11.0. The first kappa shape index (κ1) is 27.5. The van der Waals surface area contributed by atoms with Crippen LogP contribution in [-0.2, 0) is 14.8 Å². The molecule has 190 valence electrons. The van der Waals surface area contributed by atoms with Crippen LogP contribution in [0.15, 0.2) is 71.6 Å². The predicted molar refractivity (Wildman–Crippen MR) is 144 cm³/mol. The van der Waals surface area contributed by atoms with Gasteiger partial charge in [-0.2, -0.15) is 0 Å². The summed E-state index contributed by atoms with van der Waals surface area (Å²) in [6, 6.07) is 17.1. The van der Waals surface area contributed by atoms with Gasteiger partial charge in [0.2, 0.25) is 5.91 Å². The molecule has 0 aliphatic heterocycles. The lowest BCUT2D eigenvalue weighted by Gasteiger charge is -2.25. The van der Waals surface area contributed by atoms with Crippen LogP contribution in [0, 0.1) is 6.92 Å². The van der Waals surface area contributed by atoms with Crippen LogP contribution in [0.2, 0.25) is 10.0 Å². The number of amides is 2. The van der Waals surface area contributed by atoms with Crippen molar-refractivity contribution in [3.8, 4) is 0 Å². The molecule has 7 nitrogen and oxygen atoms in total. The van der Waals surface area contributed by atoms with E-state index in [-0.39, 0.29) is 37.8 Å². The van der Waals surface area contributed by atoms with E-state index in [1.807, 2.05) is 27.7 Å². The van der Waals surface area contributed by atoms with Gasteiger partial charge in [0.15, 0.2) is 0 Å². The fourth-order valence-electron chi connectivity index (χ4n) is 3.31. The number of hydrogen-bond donors (Lipinski definition) is 2. The zero-order chi connectivity index (χ0) is 26.7. The largest absolute Gasteiger partial charge is 0.347 e. The second kappa shape index (κ2) is 10.9. The average Bonchev–Trinajstić information content (AvgIpc) is 2.79. The molecule has 10 heteroatoms. The van der Waals surface area contributed by atoms with E-state index < -0.39 is 28.0 Å². The average molecular weight is 548 g/mol. The number of benzene rings is 3. The molecule has 0 aliphatic rings. The van der Waals surface area contributed by atoms with Gasteiger partial charge >= 0.3 is 0 Å². The molecule has 2 amide bonds. The Hall–Kier alpha value is -3.07. The Balaban J connectivity index is 1.95. The zero-order valence-electron chi connectivity index (χ0n) is 20.3. The molecule has 2 N–H and O–H groups in total. The number of halogens is 2. The number of para-hydroxylation sites is 1. The number of carbonyl (C=O) groups is 2. The lowest BCUT2D eigenvalue weighted by Crippen LogP contribution is -2.41. The van der Waals surface area contributed by atoms with E-state index in [2.05, 4.69) is 10.6 Å². The maximum absolute atomic E-state index is 13.6. The van der Waals surface area contributed by atoms with Crippen LogP contribution in [0.3, 0.4) is 0 Å². The SMILES string of the molecule is Cc1ccc(S(=O)(=O)N(CC(=O)Nc2ccccc2C(=O)NC(C)(C)C)c2ccc(Cl)c(Cl)c2)cc1. The number of hydrogen-bond acceptors (Lipinski definition) is 4. The molecule has 0 bridgehead atoms. The Morgan fingerprint density at radius 1 is 0.917 bits per heavy atom. The van der Waals surface area contributed by atoms with Gasteiger partial charge in [-0.05, 0) is 70.2 Å². The van der Waals surface area contributed by atoms with E-state index in [1.165, 1.54) is 30.3 Å². The van der Waals surface area contributed by atoms with E-state index >= 15 is 0 Å². The Morgan fingerprint density at radius 2 is 1.56 bits per heavy atom. The summed E-state index contributed by atoms with van der Waals surface area (Å²) >= 11 is 12.2. The molecule has 0 atom stereocenters. The normalized spacial score (nSPS) is 11.6. The monoisotopic (exact) mass is 547 g/mol. The summed E-state index contributed by atoms with van der Waals surface area (Å²) in [5.41, 5.74) is 1.08. The second-order valence-electron chi connectivity index (χ2n) is 9.22. The van der Waals surface area contributed by atoms with Crippen LogP contribution in [0.4, 0.5) is 11.4 Å². The van der Waals surface area contributed by atoms with Crippen LogP contribution in [0.1, 0.15) is 36.7 Å². The van der Waals surface area contributed by atoms with Crippen LogP contribution < -0.4 is 14.9 Å². The summed E-state index contributed by atoms with van der Waals surface area (Å²) in [6.07, 6.45) is 0. The van der Waals surface area contributed by atoms with Crippen molar-refractivity contribution < 1.29 is 18.0 Å². The lowest BCUT2D eigenvalue weighted by molar-refractivity contribution is -0.114. The molecule has 3 rings (SSSR count). The molecule has 0 aromatic heterocycles. The van der Waals surface area contributed by atoms with E-state index in [0.717, 1.165) is 9.87 Å². The van der Waals surface area contributed by atoms with Crippen molar-refractivity contribution in [2.24, 2.45) is 0 Å². The first-order valence-corrected chi connectivity index (χ1v) is 13.2. The molecule has 0 spiro atoms. The van der Waals surface area contributed by atoms with Crippen LogP contribution in [0.25, 0.3) is 0 Å². The van der Waals surface area contributed by atoms with E-state index in [1.54, 1.807) is 36.4 Å². The maximum atomic E-state index is 13.6. The third-order valence-electron chi connectivity index (χ3n) is 5.02. The van der Waals surface area contributed by atoms with Crippen LogP contribution >= 0.6 is 23.2 Å². The predicted octanol–water partition coefficient (Wildman–Crippen LogP) is 5.66. The van der Waals surface area contributed by atoms with Crippen LogP contribution in [-0.4, -0.2) is 32.3 Å². The molecule has 0 radical (unpaired) electrons. The van der Waals surface area contributed by atoms with Crippen molar-refractivity contribution in [2.45, 2.75) is 38.1 Å². The minimum atomic E-state index is -4.15. The Bertz CT molecular complexity index is 1390. The molecular weight excluding hydrogens is 521 g/mol.